The first-order chi connectivity index (χ1) is 8.74. The Morgan fingerprint density at radius 1 is 0.944 bits per heavy atom. The second kappa shape index (κ2) is 8.84. The van der Waals surface area contributed by atoms with Crippen LogP contribution in [0, 0.1) is 5.92 Å². The summed E-state index contributed by atoms with van der Waals surface area (Å²) in [5, 5.41) is 0. The number of benzene rings is 1. The van der Waals surface area contributed by atoms with Crippen LogP contribution in [0.3, 0.4) is 0 Å². The van der Waals surface area contributed by atoms with Crippen LogP contribution in [0.1, 0.15) is 46.5 Å². The molecule has 18 heavy (non-hydrogen) atoms. The molecule has 2 heteroatoms. The molecule has 102 valence electrons. The number of hydrogen-bond donors (Lipinski definition) is 0. The fourth-order valence-electron chi connectivity index (χ4n) is 1.63. The second-order valence-corrected chi connectivity index (χ2v) is 5.03. The average Bonchev–Trinajstić information content (AvgIpc) is 2.36. The molecule has 1 aromatic carbocycles. The molecular weight excluding hydrogens is 224 g/mol. The fourth-order valence-corrected chi connectivity index (χ4v) is 1.63. The molecule has 0 aliphatic rings. The average molecular weight is 250 g/mol. The summed E-state index contributed by atoms with van der Waals surface area (Å²) in [5.74, 6) is 2.41. The van der Waals surface area contributed by atoms with Gasteiger partial charge in [0.15, 0.2) is 11.5 Å². The van der Waals surface area contributed by atoms with E-state index in [2.05, 4.69) is 20.8 Å². The van der Waals surface area contributed by atoms with Crippen LogP contribution in [0.4, 0.5) is 0 Å². The molecular formula is C16H26O2. The Labute approximate surface area is 111 Å². The quantitative estimate of drug-likeness (QED) is 0.592. The topological polar surface area (TPSA) is 18.5 Å². The van der Waals surface area contributed by atoms with E-state index < -0.39 is 0 Å². The third kappa shape index (κ3) is 5.95. The minimum absolute atomic E-state index is 0.669. The number of hydrogen-bond acceptors (Lipinski definition) is 2. The van der Waals surface area contributed by atoms with Crippen LogP contribution in [-0.4, -0.2) is 13.2 Å². The minimum atomic E-state index is 0.669. The van der Waals surface area contributed by atoms with Crippen molar-refractivity contribution in [1.82, 2.24) is 0 Å². The third-order valence-corrected chi connectivity index (χ3v) is 2.81. The largest absolute Gasteiger partial charge is 0.490 e. The lowest BCUT2D eigenvalue weighted by Gasteiger charge is -2.13. The van der Waals surface area contributed by atoms with Crippen LogP contribution in [0.15, 0.2) is 24.3 Å². The SMILES string of the molecule is CCCCCOc1ccccc1OCCC(C)C. The first kappa shape index (κ1) is 14.9. The smallest absolute Gasteiger partial charge is 0.161 e. The molecule has 0 saturated heterocycles. The standard InChI is InChI=1S/C16H26O2/c1-4-5-8-12-17-15-9-6-7-10-16(15)18-13-11-14(2)3/h6-7,9-10,14H,4-5,8,11-13H2,1-3H3. The number of rotatable bonds is 9. The monoisotopic (exact) mass is 250 g/mol. The maximum absolute atomic E-state index is 5.78. The van der Waals surface area contributed by atoms with Crippen LogP contribution in [0.25, 0.3) is 0 Å². The van der Waals surface area contributed by atoms with Gasteiger partial charge in [0, 0.05) is 0 Å². The molecule has 2 nitrogen and oxygen atoms in total. The lowest BCUT2D eigenvalue weighted by molar-refractivity contribution is 0.252. The predicted octanol–water partition coefficient (Wildman–Crippen LogP) is 4.68. The van der Waals surface area contributed by atoms with E-state index in [1.54, 1.807) is 0 Å². The molecule has 0 bridgehead atoms. The predicted molar refractivity (Wildman–Crippen MR) is 76.4 cm³/mol. The Balaban J connectivity index is 2.40. The molecule has 0 aromatic heterocycles. The molecule has 0 aliphatic heterocycles. The van der Waals surface area contributed by atoms with Crippen molar-refractivity contribution in [2.24, 2.45) is 5.92 Å². The Hall–Kier alpha value is -1.18. The zero-order chi connectivity index (χ0) is 13.2. The van der Waals surface area contributed by atoms with Gasteiger partial charge in [-0.05, 0) is 30.9 Å². The highest BCUT2D eigenvalue weighted by atomic mass is 16.5. The van der Waals surface area contributed by atoms with Crippen LogP contribution in [0.2, 0.25) is 0 Å². The summed E-state index contributed by atoms with van der Waals surface area (Å²) in [6, 6.07) is 7.94. The van der Waals surface area contributed by atoms with Gasteiger partial charge in [-0.25, -0.2) is 0 Å². The minimum Gasteiger partial charge on any atom is -0.490 e. The number of para-hydroxylation sites is 2. The van der Waals surface area contributed by atoms with Gasteiger partial charge in [-0.2, -0.15) is 0 Å². The van der Waals surface area contributed by atoms with Gasteiger partial charge in [0.2, 0.25) is 0 Å². The molecule has 0 heterocycles. The Bertz CT molecular complexity index is 321. The summed E-state index contributed by atoms with van der Waals surface area (Å²) < 4.78 is 11.6. The zero-order valence-corrected chi connectivity index (χ0v) is 11.9. The van der Waals surface area contributed by atoms with E-state index in [0.29, 0.717) is 5.92 Å². The van der Waals surface area contributed by atoms with Crippen molar-refractivity contribution in [3.05, 3.63) is 24.3 Å². The highest BCUT2D eigenvalue weighted by Gasteiger charge is 2.04. The van der Waals surface area contributed by atoms with Crippen LogP contribution < -0.4 is 9.47 Å². The van der Waals surface area contributed by atoms with Crippen LogP contribution in [0.5, 0.6) is 11.5 Å². The first-order valence-electron chi connectivity index (χ1n) is 7.08. The Morgan fingerprint density at radius 3 is 2.11 bits per heavy atom. The van der Waals surface area contributed by atoms with Gasteiger partial charge in [-0.3, -0.25) is 0 Å². The summed E-state index contributed by atoms with van der Waals surface area (Å²) in [6.45, 7) is 8.14. The van der Waals surface area contributed by atoms with Crippen molar-refractivity contribution in [3.63, 3.8) is 0 Å². The van der Waals surface area contributed by atoms with Gasteiger partial charge >= 0.3 is 0 Å². The first-order valence-corrected chi connectivity index (χ1v) is 7.08. The molecule has 0 spiro atoms. The summed E-state index contributed by atoms with van der Waals surface area (Å²) in [6.07, 6.45) is 4.62. The molecule has 0 N–H and O–H groups in total. The molecule has 1 rings (SSSR count). The van der Waals surface area contributed by atoms with Gasteiger partial charge in [0.1, 0.15) is 0 Å². The number of ether oxygens (including phenoxy) is 2. The van der Waals surface area contributed by atoms with Gasteiger partial charge in [-0.1, -0.05) is 45.7 Å². The maximum Gasteiger partial charge on any atom is 0.161 e. The third-order valence-electron chi connectivity index (χ3n) is 2.81. The maximum atomic E-state index is 5.78. The lowest BCUT2D eigenvalue weighted by atomic mass is 10.1. The summed E-state index contributed by atoms with van der Waals surface area (Å²) in [4.78, 5) is 0. The van der Waals surface area contributed by atoms with E-state index in [-0.39, 0.29) is 0 Å². The van der Waals surface area contributed by atoms with E-state index in [4.69, 9.17) is 9.47 Å². The van der Waals surface area contributed by atoms with Crippen molar-refractivity contribution >= 4 is 0 Å². The zero-order valence-electron chi connectivity index (χ0n) is 11.9. The van der Waals surface area contributed by atoms with Crippen molar-refractivity contribution in [1.29, 1.82) is 0 Å². The van der Waals surface area contributed by atoms with Crippen LogP contribution in [-0.2, 0) is 0 Å². The molecule has 0 atom stereocenters. The Kier molecular flexibility index (Phi) is 7.31. The van der Waals surface area contributed by atoms with Crippen molar-refractivity contribution in [2.45, 2.75) is 46.5 Å². The van der Waals surface area contributed by atoms with E-state index >= 15 is 0 Å². The highest BCUT2D eigenvalue weighted by molar-refractivity contribution is 5.39. The fraction of sp³-hybridized carbons (Fsp3) is 0.625. The van der Waals surface area contributed by atoms with Crippen molar-refractivity contribution in [3.8, 4) is 11.5 Å². The van der Waals surface area contributed by atoms with Crippen LogP contribution >= 0.6 is 0 Å². The molecule has 0 radical (unpaired) electrons. The molecule has 0 aliphatic carbocycles. The molecule has 1 aromatic rings. The summed E-state index contributed by atoms with van der Waals surface area (Å²) >= 11 is 0. The molecule has 0 fully saturated rings. The number of unbranched alkanes of at least 4 members (excludes halogenated alkanes) is 2. The molecule has 0 amide bonds. The summed E-state index contributed by atoms with van der Waals surface area (Å²) in [5.41, 5.74) is 0. The van der Waals surface area contributed by atoms with Crippen molar-refractivity contribution < 1.29 is 9.47 Å². The van der Waals surface area contributed by atoms with Crippen molar-refractivity contribution in [2.75, 3.05) is 13.2 Å². The van der Waals surface area contributed by atoms with Gasteiger partial charge in [0.05, 0.1) is 13.2 Å². The van der Waals surface area contributed by atoms with E-state index in [1.165, 1.54) is 12.8 Å². The normalized spacial score (nSPS) is 10.7. The van der Waals surface area contributed by atoms with Gasteiger partial charge in [-0.15, -0.1) is 0 Å². The van der Waals surface area contributed by atoms with E-state index in [0.717, 1.165) is 37.6 Å². The molecule has 0 unspecified atom stereocenters. The lowest BCUT2D eigenvalue weighted by Crippen LogP contribution is -2.04. The summed E-state index contributed by atoms with van der Waals surface area (Å²) in [7, 11) is 0. The second-order valence-electron chi connectivity index (χ2n) is 5.03. The van der Waals surface area contributed by atoms with Gasteiger partial charge in [0.25, 0.3) is 0 Å². The highest BCUT2D eigenvalue weighted by Crippen LogP contribution is 2.27. The van der Waals surface area contributed by atoms with Gasteiger partial charge < -0.3 is 9.47 Å². The Morgan fingerprint density at radius 2 is 1.56 bits per heavy atom. The molecule has 0 saturated carbocycles. The van der Waals surface area contributed by atoms with E-state index in [9.17, 15) is 0 Å². The van der Waals surface area contributed by atoms with E-state index in [1.807, 2.05) is 24.3 Å².